The summed E-state index contributed by atoms with van der Waals surface area (Å²) in [5.41, 5.74) is 2.62. The maximum atomic E-state index is 5.47. The lowest BCUT2D eigenvalue weighted by atomic mass is 10.0. The molecule has 2 fully saturated rings. The molecule has 1 aromatic carbocycles. The molecule has 0 spiro atoms. The zero-order valence-corrected chi connectivity index (χ0v) is 18.4. The molecular formula is C23H34N6O. The Morgan fingerprint density at radius 2 is 2.13 bits per heavy atom. The van der Waals surface area contributed by atoms with E-state index in [0.717, 1.165) is 50.9 Å². The number of benzene rings is 1. The van der Waals surface area contributed by atoms with Gasteiger partial charge in [0.1, 0.15) is 5.75 Å². The molecule has 2 unspecified atom stereocenters. The van der Waals surface area contributed by atoms with E-state index in [0.29, 0.717) is 12.0 Å². The van der Waals surface area contributed by atoms with Crippen molar-refractivity contribution in [1.82, 2.24) is 24.9 Å². The first-order valence-electron chi connectivity index (χ1n) is 11.0. The predicted molar refractivity (Wildman–Crippen MR) is 120 cm³/mol. The van der Waals surface area contributed by atoms with Crippen LogP contribution in [0.15, 0.2) is 41.7 Å². The van der Waals surface area contributed by atoms with E-state index in [2.05, 4.69) is 49.6 Å². The largest absolute Gasteiger partial charge is 0.497 e. The van der Waals surface area contributed by atoms with Gasteiger partial charge in [-0.1, -0.05) is 12.1 Å². The van der Waals surface area contributed by atoms with E-state index in [9.17, 15) is 0 Å². The lowest BCUT2D eigenvalue weighted by Gasteiger charge is -2.30. The van der Waals surface area contributed by atoms with Crippen LogP contribution in [0.5, 0.6) is 5.75 Å². The van der Waals surface area contributed by atoms with Crippen LogP contribution in [0.3, 0.4) is 0 Å². The van der Waals surface area contributed by atoms with Crippen molar-refractivity contribution in [3.8, 4) is 5.75 Å². The van der Waals surface area contributed by atoms with Gasteiger partial charge in [-0.3, -0.25) is 14.6 Å². The number of methoxy groups -OCH3 is 1. The van der Waals surface area contributed by atoms with Crippen LogP contribution in [0.1, 0.15) is 42.3 Å². The topological polar surface area (TPSA) is 57.9 Å². The van der Waals surface area contributed by atoms with Gasteiger partial charge in [0.2, 0.25) is 0 Å². The number of ether oxygens (including phenoxy) is 1. The zero-order valence-electron chi connectivity index (χ0n) is 18.4. The summed E-state index contributed by atoms with van der Waals surface area (Å²) in [4.78, 5) is 9.56. The van der Waals surface area contributed by atoms with E-state index in [1.54, 1.807) is 7.11 Å². The molecule has 2 saturated heterocycles. The highest BCUT2D eigenvalue weighted by Crippen LogP contribution is 2.29. The summed E-state index contributed by atoms with van der Waals surface area (Å²) in [5.74, 6) is 2.43. The van der Waals surface area contributed by atoms with Crippen molar-refractivity contribution in [2.24, 2.45) is 12.0 Å². The van der Waals surface area contributed by atoms with E-state index in [1.807, 2.05) is 31.0 Å². The Balaban J connectivity index is 1.43. The molecule has 0 amide bonds. The van der Waals surface area contributed by atoms with Crippen LogP contribution in [0, 0.1) is 0 Å². The van der Waals surface area contributed by atoms with Crippen molar-refractivity contribution in [3.63, 3.8) is 0 Å². The van der Waals surface area contributed by atoms with Gasteiger partial charge in [0.15, 0.2) is 5.96 Å². The number of nitrogens with one attached hydrogen (secondary N) is 1. The van der Waals surface area contributed by atoms with Crippen LogP contribution in [-0.4, -0.2) is 72.4 Å². The lowest BCUT2D eigenvalue weighted by Crippen LogP contribution is -2.44. The highest BCUT2D eigenvalue weighted by Gasteiger charge is 2.29. The summed E-state index contributed by atoms with van der Waals surface area (Å²) in [6.45, 7) is 5.14. The maximum Gasteiger partial charge on any atom is 0.193 e. The molecule has 0 bridgehead atoms. The molecule has 0 aliphatic carbocycles. The Morgan fingerprint density at radius 1 is 1.30 bits per heavy atom. The summed E-state index contributed by atoms with van der Waals surface area (Å²) >= 11 is 0. The SMILES string of the molecule is CN=C(NCC(c1cccc(OC)c1)N1CCCC1)N1CCC(c2cnn(C)c2)C1. The van der Waals surface area contributed by atoms with E-state index in [-0.39, 0.29) is 0 Å². The molecule has 1 N–H and O–H groups in total. The van der Waals surface area contributed by atoms with Crippen molar-refractivity contribution >= 4 is 5.96 Å². The number of aryl methyl sites for hydroxylation is 1. The van der Waals surface area contributed by atoms with Crippen molar-refractivity contribution in [2.75, 3.05) is 46.9 Å². The van der Waals surface area contributed by atoms with Gasteiger partial charge in [0.25, 0.3) is 0 Å². The van der Waals surface area contributed by atoms with Gasteiger partial charge in [0.05, 0.1) is 19.3 Å². The van der Waals surface area contributed by atoms with Gasteiger partial charge >= 0.3 is 0 Å². The number of hydrogen-bond acceptors (Lipinski definition) is 4. The summed E-state index contributed by atoms with van der Waals surface area (Å²) in [5, 5.41) is 8.01. The van der Waals surface area contributed by atoms with E-state index >= 15 is 0 Å². The highest BCUT2D eigenvalue weighted by molar-refractivity contribution is 5.80. The molecule has 3 heterocycles. The molecule has 162 valence electrons. The molecule has 2 aliphatic heterocycles. The summed E-state index contributed by atoms with van der Waals surface area (Å²) < 4.78 is 7.36. The quantitative estimate of drug-likeness (QED) is 0.586. The average Bonchev–Trinajstić information content (AvgIpc) is 3.53. The van der Waals surface area contributed by atoms with Crippen LogP contribution < -0.4 is 10.1 Å². The molecule has 30 heavy (non-hydrogen) atoms. The van der Waals surface area contributed by atoms with Gasteiger partial charge in [-0.2, -0.15) is 5.10 Å². The van der Waals surface area contributed by atoms with Crippen molar-refractivity contribution in [1.29, 1.82) is 0 Å². The van der Waals surface area contributed by atoms with Crippen molar-refractivity contribution < 1.29 is 4.74 Å². The molecule has 7 heteroatoms. The predicted octanol–water partition coefficient (Wildman–Crippen LogP) is 2.63. The molecule has 2 atom stereocenters. The fraction of sp³-hybridized carbons (Fsp3) is 0.565. The zero-order chi connectivity index (χ0) is 20.9. The fourth-order valence-corrected chi connectivity index (χ4v) is 4.76. The molecule has 1 aromatic heterocycles. The number of guanidine groups is 1. The lowest BCUT2D eigenvalue weighted by molar-refractivity contribution is 0.243. The number of hydrogen-bond donors (Lipinski definition) is 1. The summed E-state index contributed by atoms with van der Waals surface area (Å²) in [7, 11) is 5.60. The normalized spacial score (nSPS) is 21.2. The number of nitrogens with zero attached hydrogens (tertiary/aromatic N) is 5. The minimum Gasteiger partial charge on any atom is -0.497 e. The van der Waals surface area contributed by atoms with Gasteiger partial charge in [-0.15, -0.1) is 0 Å². The smallest absolute Gasteiger partial charge is 0.193 e. The molecule has 0 radical (unpaired) electrons. The Kier molecular flexibility index (Phi) is 6.57. The van der Waals surface area contributed by atoms with Gasteiger partial charge in [0, 0.05) is 45.8 Å². The van der Waals surface area contributed by atoms with Gasteiger partial charge in [-0.25, -0.2) is 0 Å². The molecule has 0 saturated carbocycles. The van der Waals surface area contributed by atoms with Gasteiger partial charge in [-0.05, 0) is 55.6 Å². The summed E-state index contributed by atoms with van der Waals surface area (Å²) in [6, 6.07) is 8.80. The minimum atomic E-state index is 0.316. The van der Waals surface area contributed by atoms with Crippen LogP contribution in [0.2, 0.25) is 0 Å². The molecule has 2 aliphatic rings. The third-order valence-electron chi connectivity index (χ3n) is 6.41. The first-order valence-corrected chi connectivity index (χ1v) is 11.0. The highest BCUT2D eigenvalue weighted by atomic mass is 16.5. The standard InChI is InChI=1S/C23H34N6O/c1-24-23(29-12-9-19(17-29)20-14-26-27(2)16-20)25-15-22(28-10-4-5-11-28)18-7-6-8-21(13-18)30-3/h6-8,13-14,16,19,22H,4-5,9-12,15,17H2,1-3H3,(H,24,25). The fourth-order valence-electron chi connectivity index (χ4n) is 4.76. The first kappa shape index (κ1) is 20.7. The third kappa shape index (κ3) is 4.61. The van der Waals surface area contributed by atoms with Crippen LogP contribution >= 0.6 is 0 Å². The second kappa shape index (κ2) is 9.51. The molecule has 7 nitrogen and oxygen atoms in total. The van der Waals surface area contributed by atoms with Crippen molar-refractivity contribution in [2.45, 2.75) is 31.2 Å². The van der Waals surface area contributed by atoms with E-state index in [1.165, 1.54) is 24.0 Å². The Hall–Kier alpha value is -2.54. The molecule has 2 aromatic rings. The monoisotopic (exact) mass is 410 g/mol. The molecule has 4 rings (SSSR count). The number of rotatable bonds is 6. The number of likely N-dealkylation sites (tertiary alicyclic amines) is 2. The third-order valence-corrected chi connectivity index (χ3v) is 6.41. The Morgan fingerprint density at radius 3 is 2.83 bits per heavy atom. The minimum absolute atomic E-state index is 0.316. The van der Waals surface area contributed by atoms with Crippen LogP contribution in [-0.2, 0) is 7.05 Å². The Labute approximate surface area is 179 Å². The maximum absolute atomic E-state index is 5.47. The van der Waals surface area contributed by atoms with Crippen LogP contribution in [0.4, 0.5) is 0 Å². The number of aliphatic imine (C=N–C) groups is 1. The second-order valence-corrected chi connectivity index (χ2v) is 8.34. The summed E-state index contributed by atoms with van der Waals surface area (Å²) in [6.07, 6.45) is 7.81. The van der Waals surface area contributed by atoms with E-state index in [4.69, 9.17) is 4.74 Å². The second-order valence-electron chi connectivity index (χ2n) is 8.34. The average molecular weight is 411 g/mol. The Bertz CT molecular complexity index is 857. The van der Waals surface area contributed by atoms with Gasteiger partial charge < -0.3 is 15.0 Å². The van der Waals surface area contributed by atoms with Crippen molar-refractivity contribution in [3.05, 3.63) is 47.8 Å². The molecular weight excluding hydrogens is 376 g/mol. The number of aromatic nitrogens is 2. The van der Waals surface area contributed by atoms with E-state index < -0.39 is 0 Å². The first-order chi connectivity index (χ1) is 14.7. The van der Waals surface area contributed by atoms with Crippen LogP contribution in [0.25, 0.3) is 0 Å².